The Morgan fingerprint density at radius 1 is 1.62 bits per heavy atom. The van der Waals surface area contributed by atoms with Crippen LogP contribution in [0.1, 0.15) is 9.67 Å². The van der Waals surface area contributed by atoms with Crippen molar-refractivity contribution in [3.05, 3.63) is 28.7 Å². The van der Waals surface area contributed by atoms with Crippen LogP contribution in [0.4, 0.5) is 0 Å². The summed E-state index contributed by atoms with van der Waals surface area (Å²) in [5, 5.41) is 10.6. The first-order valence-corrected chi connectivity index (χ1v) is 4.47. The standard InChI is InChI=1S/C8H6N2O2S/c11-8(12)6-5(1-4-13-6)7-9-2-3-10-7/h1-4H,(H,9,10)(H,11,12). The highest BCUT2D eigenvalue weighted by Gasteiger charge is 2.14. The fraction of sp³-hybridized carbons (Fsp3) is 0. The summed E-state index contributed by atoms with van der Waals surface area (Å²) in [5.74, 6) is -0.319. The molecule has 66 valence electrons. The van der Waals surface area contributed by atoms with Crippen LogP contribution in [-0.4, -0.2) is 21.0 Å². The molecule has 5 heteroatoms. The molecule has 0 unspecified atom stereocenters. The number of aromatic nitrogens is 2. The summed E-state index contributed by atoms with van der Waals surface area (Å²) in [6.45, 7) is 0. The third kappa shape index (κ3) is 1.33. The molecule has 0 saturated heterocycles. The number of imidazole rings is 1. The monoisotopic (exact) mass is 194 g/mol. The van der Waals surface area contributed by atoms with E-state index in [1.54, 1.807) is 23.8 Å². The molecule has 0 aliphatic carbocycles. The van der Waals surface area contributed by atoms with Crippen LogP contribution < -0.4 is 0 Å². The molecule has 0 spiro atoms. The summed E-state index contributed by atoms with van der Waals surface area (Å²) in [6.07, 6.45) is 3.26. The predicted molar refractivity (Wildman–Crippen MR) is 48.9 cm³/mol. The average Bonchev–Trinajstić information content (AvgIpc) is 2.74. The van der Waals surface area contributed by atoms with Crippen molar-refractivity contribution < 1.29 is 9.90 Å². The maximum atomic E-state index is 10.7. The minimum Gasteiger partial charge on any atom is -0.477 e. The number of thiophene rings is 1. The molecular formula is C8H6N2O2S. The van der Waals surface area contributed by atoms with Gasteiger partial charge in [0.1, 0.15) is 10.7 Å². The molecule has 0 aromatic carbocycles. The number of nitrogens with zero attached hydrogens (tertiary/aromatic N) is 1. The topological polar surface area (TPSA) is 66.0 Å². The molecular weight excluding hydrogens is 188 g/mol. The van der Waals surface area contributed by atoms with Gasteiger partial charge in [0, 0.05) is 18.0 Å². The van der Waals surface area contributed by atoms with Gasteiger partial charge in [0.2, 0.25) is 0 Å². The van der Waals surface area contributed by atoms with Crippen molar-refractivity contribution in [3.8, 4) is 11.4 Å². The second-order valence-corrected chi connectivity index (χ2v) is 3.32. The first kappa shape index (κ1) is 8.00. The Hall–Kier alpha value is -1.62. The molecule has 2 heterocycles. The fourth-order valence-corrected chi connectivity index (χ4v) is 1.81. The first-order chi connectivity index (χ1) is 6.29. The van der Waals surface area contributed by atoms with Crippen LogP contribution in [0.15, 0.2) is 23.8 Å². The van der Waals surface area contributed by atoms with E-state index in [1.807, 2.05) is 0 Å². The van der Waals surface area contributed by atoms with Crippen LogP contribution in [-0.2, 0) is 0 Å². The Morgan fingerprint density at radius 3 is 3.08 bits per heavy atom. The minimum atomic E-state index is -0.915. The van der Waals surface area contributed by atoms with E-state index in [9.17, 15) is 4.79 Å². The number of carboxylic acids is 1. The number of carbonyl (C=O) groups is 1. The highest BCUT2D eigenvalue weighted by atomic mass is 32.1. The molecule has 2 aromatic heterocycles. The van der Waals surface area contributed by atoms with E-state index in [2.05, 4.69) is 9.97 Å². The van der Waals surface area contributed by atoms with Crippen molar-refractivity contribution in [2.45, 2.75) is 0 Å². The van der Waals surface area contributed by atoms with Gasteiger partial charge < -0.3 is 10.1 Å². The Bertz CT molecular complexity index is 419. The van der Waals surface area contributed by atoms with Gasteiger partial charge in [-0.3, -0.25) is 0 Å². The van der Waals surface area contributed by atoms with Gasteiger partial charge in [-0.05, 0) is 11.4 Å². The lowest BCUT2D eigenvalue weighted by molar-refractivity contribution is 0.0703. The molecule has 0 aliphatic rings. The Kier molecular flexibility index (Phi) is 1.86. The number of aromatic carboxylic acids is 1. The SMILES string of the molecule is O=C(O)c1sccc1-c1ncc[nH]1. The number of H-pyrrole nitrogens is 1. The van der Waals surface area contributed by atoms with Gasteiger partial charge in [-0.15, -0.1) is 11.3 Å². The van der Waals surface area contributed by atoms with Crippen LogP contribution in [0.25, 0.3) is 11.4 Å². The summed E-state index contributed by atoms with van der Waals surface area (Å²) in [4.78, 5) is 17.9. The Labute approximate surface area is 77.9 Å². The summed E-state index contributed by atoms with van der Waals surface area (Å²) in [7, 11) is 0. The lowest BCUT2D eigenvalue weighted by atomic mass is 10.2. The quantitative estimate of drug-likeness (QED) is 0.766. The van der Waals surface area contributed by atoms with Crippen LogP contribution in [0.5, 0.6) is 0 Å². The average molecular weight is 194 g/mol. The van der Waals surface area contributed by atoms with Crippen LogP contribution in [0.2, 0.25) is 0 Å². The van der Waals surface area contributed by atoms with Crippen LogP contribution in [0.3, 0.4) is 0 Å². The zero-order chi connectivity index (χ0) is 9.26. The zero-order valence-corrected chi connectivity index (χ0v) is 7.34. The number of aromatic amines is 1. The number of nitrogens with one attached hydrogen (secondary N) is 1. The van der Waals surface area contributed by atoms with Crippen molar-refractivity contribution >= 4 is 17.3 Å². The number of hydrogen-bond acceptors (Lipinski definition) is 3. The molecule has 4 nitrogen and oxygen atoms in total. The van der Waals surface area contributed by atoms with Crippen molar-refractivity contribution in [3.63, 3.8) is 0 Å². The highest BCUT2D eigenvalue weighted by Crippen LogP contribution is 2.25. The van der Waals surface area contributed by atoms with Gasteiger partial charge in [-0.2, -0.15) is 0 Å². The summed E-state index contributed by atoms with van der Waals surface area (Å²) in [6, 6.07) is 1.74. The highest BCUT2D eigenvalue weighted by molar-refractivity contribution is 7.12. The normalized spacial score (nSPS) is 10.2. The number of hydrogen-bond donors (Lipinski definition) is 2. The molecule has 0 amide bonds. The summed E-state index contributed by atoms with van der Waals surface area (Å²) >= 11 is 1.20. The van der Waals surface area contributed by atoms with E-state index in [-0.39, 0.29) is 0 Å². The van der Waals surface area contributed by atoms with Gasteiger partial charge in [0.25, 0.3) is 0 Å². The second kappa shape index (κ2) is 3.02. The largest absolute Gasteiger partial charge is 0.477 e. The van der Waals surface area contributed by atoms with Gasteiger partial charge in [0.05, 0.1) is 0 Å². The molecule has 0 radical (unpaired) electrons. The van der Waals surface area contributed by atoms with Gasteiger partial charge >= 0.3 is 5.97 Å². The van der Waals surface area contributed by atoms with E-state index in [4.69, 9.17) is 5.11 Å². The second-order valence-electron chi connectivity index (χ2n) is 2.41. The van der Waals surface area contributed by atoms with Crippen molar-refractivity contribution in [1.29, 1.82) is 0 Å². The molecule has 0 atom stereocenters. The van der Waals surface area contributed by atoms with Gasteiger partial charge in [-0.1, -0.05) is 0 Å². The maximum Gasteiger partial charge on any atom is 0.346 e. The molecule has 13 heavy (non-hydrogen) atoms. The molecule has 0 fully saturated rings. The molecule has 2 aromatic rings. The molecule has 2 rings (SSSR count). The third-order valence-electron chi connectivity index (χ3n) is 1.61. The van der Waals surface area contributed by atoms with E-state index < -0.39 is 5.97 Å². The van der Waals surface area contributed by atoms with Gasteiger partial charge in [-0.25, -0.2) is 9.78 Å². The molecule has 0 saturated carbocycles. The van der Waals surface area contributed by atoms with Crippen molar-refractivity contribution in [2.75, 3.05) is 0 Å². The fourth-order valence-electron chi connectivity index (χ4n) is 1.07. The minimum absolute atomic E-state index is 0.315. The van der Waals surface area contributed by atoms with E-state index >= 15 is 0 Å². The van der Waals surface area contributed by atoms with Crippen molar-refractivity contribution in [2.24, 2.45) is 0 Å². The Balaban J connectivity index is 2.52. The first-order valence-electron chi connectivity index (χ1n) is 3.59. The van der Waals surface area contributed by atoms with Crippen LogP contribution in [0, 0.1) is 0 Å². The predicted octanol–water partition coefficient (Wildman–Crippen LogP) is 1.84. The van der Waals surface area contributed by atoms with Gasteiger partial charge in [0.15, 0.2) is 0 Å². The maximum absolute atomic E-state index is 10.7. The molecule has 0 aliphatic heterocycles. The molecule has 2 N–H and O–H groups in total. The summed E-state index contributed by atoms with van der Waals surface area (Å²) in [5.41, 5.74) is 0.641. The van der Waals surface area contributed by atoms with Crippen molar-refractivity contribution in [1.82, 2.24) is 9.97 Å². The number of carboxylic acid groups (broad SMARTS) is 1. The Morgan fingerprint density at radius 2 is 2.46 bits per heavy atom. The lowest BCUT2D eigenvalue weighted by Crippen LogP contribution is -1.94. The lowest BCUT2D eigenvalue weighted by Gasteiger charge is -1.93. The zero-order valence-electron chi connectivity index (χ0n) is 6.52. The van der Waals surface area contributed by atoms with E-state index in [0.29, 0.717) is 16.3 Å². The summed E-state index contributed by atoms with van der Waals surface area (Å²) < 4.78 is 0. The molecule has 0 bridgehead atoms. The third-order valence-corrected chi connectivity index (χ3v) is 2.52. The van der Waals surface area contributed by atoms with E-state index in [1.165, 1.54) is 11.3 Å². The number of rotatable bonds is 2. The smallest absolute Gasteiger partial charge is 0.346 e. The van der Waals surface area contributed by atoms with Crippen LogP contribution >= 0.6 is 11.3 Å². The van der Waals surface area contributed by atoms with E-state index in [0.717, 1.165) is 0 Å².